The number of hydrogen-bond acceptors (Lipinski definition) is 5. The number of hydrogen-bond donors (Lipinski definition) is 2. The van der Waals surface area contributed by atoms with E-state index in [0.717, 1.165) is 5.56 Å². The molecule has 0 spiro atoms. The number of imidazole rings is 1. The van der Waals surface area contributed by atoms with Crippen molar-refractivity contribution in [3.8, 4) is 0 Å². The minimum atomic E-state index is -0.695. The van der Waals surface area contributed by atoms with E-state index in [9.17, 15) is 20.0 Å². The van der Waals surface area contributed by atoms with Crippen LogP contribution >= 0.6 is 0 Å². The van der Waals surface area contributed by atoms with Crippen molar-refractivity contribution in [2.24, 2.45) is 0 Å². The fourth-order valence-electron chi connectivity index (χ4n) is 2.14. The van der Waals surface area contributed by atoms with Gasteiger partial charge in [-0.1, -0.05) is 30.3 Å². The Labute approximate surface area is 132 Å². The van der Waals surface area contributed by atoms with Crippen LogP contribution in [0.3, 0.4) is 0 Å². The van der Waals surface area contributed by atoms with E-state index in [1.165, 1.54) is 10.8 Å². The highest BCUT2D eigenvalue weighted by atomic mass is 16.6. The first kappa shape index (κ1) is 16.6. The Morgan fingerprint density at radius 2 is 2.13 bits per heavy atom. The van der Waals surface area contributed by atoms with Crippen molar-refractivity contribution in [2.45, 2.75) is 26.0 Å². The molecule has 0 aliphatic heterocycles. The molecule has 1 heterocycles. The zero-order valence-electron chi connectivity index (χ0n) is 12.7. The molecule has 2 rings (SSSR count). The van der Waals surface area contributed by atoms with Crippen LogP contribution in [0.5, 0.6) is 0 Å². The first-order chi connectivity index (χ1) is 11.0. The number of benzene rings is 1. The van der Waals surface area contributed by atoms with Gasteiger partial charge in [0.05, 0.1) is 6.10 Å². The molecule has 0 aliphatic rings. The summed E-state index contributed by atoms with van der Waals surface area (Å²) in [7, 11) is 0. The van der Waals surface area contributed by atoms with Gasteiger partial charge in [0.25, 0.3) is 0 Å². The summed E-state index contributed by atoms with van der Waals surface area (Å²) < 4.78 is 1.40. The van der Waals surface area contributed by atoms with E-state index in [2.05, 4.69) is 10.3 Å². The Hall–Kier alpha value is -2.74. The zero-order valence-corrected chi connectivity index (χ0v) is 12.7. The Bertz CT molecular complexity index is 684. The second-order valence-corrected chi connectivity index (χ2v) is 5.18. The average molecular weight is 318 g/mol. The number of aryl methyl sites for hydroxylation is 1. The predicted octanol–water partition coefficient (Wildman–Crippen LogP) is 0.820. The summed E-state index contributed by atoms with van der Waals surface area (Å²) in [5.41, 5.74) is 0.982. The van der Waals surface area contributed by atoms with Gasteiger partial charge in [0, 0.05) is 19.9 Å². The second kappa shape index (κ2) is 7.50. The Morgan fingerprint density at radius 1 is 1.43 bits per heavy atom. The van der Waals surface area contributed by atoms with E-state index in [1.807, 2.05) is 30.3 Å². The number of rotatable bonds is 7. The molecule has 0 radical (unpaired) electrons. The Balaban J connectivity index is 1.82. The fourth-order valence-corrected chi connectivity index (χ4v) is 2.14. The molecule has 0 saturated carbocycles. The molecule has 0 aliphatic carbocycles. The van der Waals surface area contributed by atoms with Crippen LogP contribution < -0.4 is 5.32 Å². The maximum atomic E-state index is 11.9. The molecule has 8 nitrogen and oxygen atoms in total. The van der Waals surface area contributed by atoms with Crippen molar-refractivity contribution in [1.29, 1.82) is 0 Å². The van der Waals surface area contributed by atoms with Crippen LogP contribution in [0, 0.1) is 17.0 Å². The van der Waals surface area contributed by atoms with Crippen LogP contribution in [0.15, 0.2) is 36.5 Å². The minimum absolute atomic E-state index is 0.0786. The number of nitrogens with zero attached hydrogens (tertiary/aromatic N) is 3. The van der Waals surface area contributed by atoms with Gasteiger partial charge in [0.15, 0.2) is 0 Å². The SMILES string of the molecule is Cc1nc([N+](=O)[O-])cn1CC(=O)NCC(O)Cc1ccccc1. The molecular formula is C15H18N4O4. The molecule has 2 N–H and O–H groups in total. The largest absolute Gasteiger partial charge is 0.391 e. The van der Waals surface area contributed by atoms with E-state index in [-0.39, 0.29) is 24.8 Å². The summed E-state index contributed by atoms with van der Waals surface area (Å²) in [6.45, 7) is 1.62. The second-order valence-electron chi connectivity index (χ2n) is 5.18. The zero-order chi connectivity index (χ0) is 16.8. The molecule has 1 aromatic carbocycles. The van der Waals surface area contributed by atoms with E-state index in [0.29, 0.717) is 12.2 Å². The Morgan fingerprint density at radius 3 is 2.74 bits per heavy atom. The highest BCUT2D eigenvalue weighted by Gasteiger charge is 2.17. The maximum Gasteiger partial charge on any atom is 0.381 e. The van der Waals surface area contributed by atoms with Crippen LogP contribution in [-0.2, 0) is 17.8 Å². The molecule has 1 amide bonds. The summed E-state index contributed by atoms with van der Waals surface area (Å²) in [6.07, 6.45) is 0.964. The van der Waals surface area contributed by atoms with E-state index >= 15 is 0 Å². The monoisotopic (exact) mass is 318 g/mol. The smallest absolute Gasteiger partial charge is 0.381 e. The summed E-state index contributed by atoms with van der Waals surface area (Å²) in [6, 6.07) is 9.47. The minimum Gasteiger partial charge on any atom is -0.391 e. The lowest BCUT2D eigenvalue weighted by atomic mass is 10.1. The van der Waals surface area contributed by atoms with Crippen LogP contribution in [0.1, 0.15) is 11.4 Å². The molecule has 1 atom stereocenters. The van der Waals surface area contributed by atoms with E-state index < -0.39 is 11.0 Å². The van der Waals surface area contributed by atoms with Crippen molar-refractivity contribution in [3.63, 3.8) is 0 Å². The van der Waals surface area contributed by atoms with Crippen LogP contribution in [0.2, 0.25) is 0 Å². The Kier molecular flexibility index (Phi) is 5.42. The topological polar surface area (TPSA) is 110 Å². The van der Waals surface area contributed by atoms with Gasteiger partial charge in [-0.25, -0.2) is 0 Å². The van der Waals surface area contributed by atoms with Crippen molar-refractivity contribution in [3.05, 3.63) is 58.0 Å². The quantitative estimate of drug-likeness (QED) is 0.580. The summed E-state index contributed by atoms with van der Waals surface area (Å²) in [4.78, 5) is 25.6. The molecule has 0 fully saturated rings. The number of amides is 1. The normalized spacial score (nSPS) is 11.9. The molecule has 2 aromatic rings. The third-order valence-corrected chi connectivity index (χ3v) is 3.31. The van der Waals surface area contributed by atoms with Gasteiger partial charge in [-0.2, -0.15) is 0 Å². The van der Waals surface area contributed by atoms with Gasteiger partial charge in [-0.05, 0) is 15.5 Å². The lowest BCUT2D eigenvalue weighted by Gasteiger charge is -2.12. The molecule has 0 saturated heterocycles. The summed E-state index contributed by atoms with van der Waals surface area (Å²) in [5, 5.41) is 23.2. The van der Waals surface area contributed by atoms with Gasteiger partial charge in [0.2, 0.25) is 11.7 Å². The van der Waals surface area contributed by atoms with Crippen LogP contribution in [0.4, 0.5) is 5.82 Å². The molecule has 23 heavy (non-hydrogen) atoms. The van der Waals surface area contributed by atoms with Crippen LogP contribution in [-0.4, -0.2) is 38.1 Å². The third-order valence-electron chi connectivity index (χ3n) is 3.31. The number of carbonyl (C=O) groups is 1. The number of aliphatic hydroxyl groups excluding tert-OH is 1. The van der Waals surface area contributed by atoms with Gasteiger partial charge in [-0.3, -0.25) is 9.36 Å². The lowest BCUT2D eigenvalue weighted by molar-refractivity contribution is -0.389. The number of aromatic nitrogens is 2. The molecule has 1 aromatic heterocycles. The number of aliphatic hydroxyl groups is 1. The molecule has 122 valence electrons. The van der Waals surface area contributed by atoms with E-state index in [1.54, 1.807) is 6.92 Å². The number of nitrogens with one attached hydrogen (secondary N) is 1. The van der Waals surface area contributed by atoms with Crippen molar-refractivity contribution >= 4 is 11.7 Å². The number of carbonyl (C=O) groups excluding carboxylic acids is 1. The summed E-state index contributed by atoms with van der Waals surface area (Å²) >= 11 is 0. The van der Waals surface area contributed by atoms with Crippen molar-refractivity contribution in [2.75, 3.05) is 6.54 Å². The fraction of sp³-hybridized carbons (Fsp3) is 0.333. The van der Waals surface area contributed by atoms with E-state index in [4.69, 9.17) is 0 Å². The first-order valence-corrected chi connectivity index (χ1v) is 7.12. The average Bonchev–Trinajstić information content (AvgIpc) is 2.88. The third kappa shape index (κ3) is 4.89. The summed E-state index contributed by atoms with van der Waals surface area (Å²) in [5.74, 6) is -0.247. The molecule has 1 unspecified atom stereocenters. The maximum absolute atomic E-state index is 11.9. The molecule has 8 heteroatoms. The standard InChI is InChI=1S/C15H18N4O4/c1-11-17-14(19(22)23)9-18(11)10-15(21)16-8-13(20)7-12-5-3-2-4-6-12/h2-6,9,13,20H,7-8,10H2,1H3,(H,16,21). The van der Waals surface area contributed by atoms with Gasteiger partial charge in [-0.15, -0.1) is 0 Å². The van der Waals surface area contributed by atoms with Crippen molar-refractivity contribution < 1.29 is 14.8 Å². The van der Waals surface area contributed by atoms with Gasteiger partial charge >= 0.3 is 5.82 Å². The highest BCUT2D eigenvalue weighted by Crippen LogP contribution is 2.10. The van der Waals surface area contributed by atoms with Gasteiger partial charge in [0.1, 0.15) is 12.7 Å². The lowest BCUT2D eigenvalue weighted by Crippen LogP contribution is -2.35. The predicted molar refractivity (Wildman–Crippen MR) is 82.8 cm³/mol. The number of nitro groups is 1. The first-order valence-electron chi connectivity index (χ1n) is 7.12. The molecule has 0 bridgehead atoms. The van der Waals surface area contributed by atoms with Crippen molar-refractivity contribution in [1.82, 2.24) is 14.9 Å². The molecular weight excluding hydrogens is 300 g/mol. The van der Waals surface area contributed by atoms with Gasteiger partial charge < -0.3 is 20.5 Å². The highest BCUT2D eigenvalue weighted by molar-refractivity contribution is 5.75. The van der Waals surface area contributed by atoms with Crippen LogP contribution in [0.25, 0.3) is 0 Å².